The highest BCUT2D eigenvalue weighted by Gasteiger charge is 2.27. The average molecular weight is 352 g/mol. The van der Waals surface area contributed by atoms with Crippen molar-refractivity contribution < 1.29 is 8.81 Å². The summed E-state index contributed by atoms with van der Waals surface area (Å²) in [6, 6.07) is 5.21. The molecule has 0 spiro atoms. The number of fused-ring (bicyclic) bond motifs is 3. The van der Waals surface area contributed by atoms with Crippen molar-refractivity contribution in [3.05, 3.63) is 38.9 Å². The Morgan fingerprint density at radius 3 is 3.05 bits per heavy atom. The lowest BCUT2D eigenvalue weighted by Crippen LogP contribution is -2.20. The van der Waals surface area contributed by atoms with Crippen LogP contribution < -0.4 is 10.9 Å². The number of furan rings is 1. The first-order valence-corrected chi connectivity index (χ1v) is 7.40. The van der Waals surface area contributed by atoms with Gasteiger partial charge in [-0.25, -0.2) is 9.37 Å². The second kappa shape index (κ2) is 4.64. The Labute approximate surface area is 126 Å². The van der Waals surface area contributed by atoms with Gasteiger partial charge in [0.2, 0.25) is 5.58 Å². The van der Waals surface area contributed by atoms with Crippen LogP contribution in [0.3, 0.4) is 0 Å². The molecule has 0 amide bonds. The fourth-order valence-electron chi connectivity index (χ4n) is 2.71. The molecular weight excluding hydrogens is 341 g/mol. The molecule has 1 saturated heterocycles. The quantitative estimate of drug-likeness (QED) is 0.707. The van der Waals surface area contributed by atoms with E-state index in [-0.39, 0.29) is 23.7 Å². The molecule has 0 bridgehead atoms. The lowest BCUT2D eigenvalue weighted by molar-refractivity contribution is 0.355. The molecule has 7 heteroatoms. The Kier molecular flexibility index (Phi) is 2.87. The fraction of sp³-hybridized carbons (Fsp3) is 0.286. The van der Waals surface area contributed by atoms with E-state index < -0.39 is 6.17 Å². The number of nitrogens with zero attached hydrogens (tertiary/aromatic N) is 1. The second-order valence-corrected chi connectivity index (χ2v) is 6.08. The van der Waals surface area contributed by atoms with Crippen LogP contribution in [0.15, 0.2) is 31.9 Å². The molecule has 1 aliphatic rings. The number of benzene rings is 1. The summed E-state index contributed by atoms with van der Waals surface area (Å²) in [6.07, 6.45) is -0.597. The van der Waals surface area contributed by atoms with E-state index in [1.54, 1.807) is 6.07 Å². The van der Waals surface area contributed by atoms with Crippen LogP contribution in [0.4, 0.5) is 4.39 Å². The fourth-order valence-corrected chi connectivity index (χ4v) is 3.07. The summed E-state index contributed by atoms with van der Waals surface area (Å²) in [5, 5.41) is 3.78. The highest BCUT2D eigenvalue weighted by Crippen LogP contribution is 2.29. The Bertz CT molecular complexity index is 904. The number of hydrogen-bond donors (Lipinski definition) is 2. The van der Waals surface area contributed by atoms with Crippen molar-refractivity contribution in [2.45, 2.75) is 18.6 Å². The molecule has 0 aliphatic carbocycles. The zero-order valence-electron chi connectivity index (χ0n) is 10.8. The molecule has 4 rings (SSSR count). The molecule has 3 aromatic rings. The maximum Gasteiger partial charge on any atom is 0.294 e. The largest absolute Gasteiger partial charge is 0.449 e. The van der Waals surface area contributed by atoms with Gasteiger partial charge in [0.05, 0.1) is 6.04 Å². The molecule has 108 valence electrons. The summed E-state index contributed by atoms with van der Waals surface area (Å²) < 4.78 is 19.7. The third-order valence-electron chi connectivity index (χ3n) is 3.71. The predicted molar refractivity (Wildman–Crippen MR) is 80.1 cm³/mol. The standard InChI is InChI=1S/C14H11BrFN3O2/c15-6-1-2-10-8(3-6)11-12(21-10)14(20)19-13(18-11)9-4-7(16)5-17-9/h1-3,7,9,17H,4-5H2,(H,18,19,20)/t7-,9-/m0/s1. The van der Waals surface area contributed by atoms with Crippen LogP contribution in [-0.2, 0) is 0 Å². The third-order valence-corrected chi connectivity index (χ3v) is 4.20. The number of alkyl halides is 1. The van der Waals surface area contributed by atoms with Gasteiger partial charge in [-0.3, -0.25) is 4.79 Å². The molecular formula is C14H11BrFN3O2. The molecule has 3 heterocycles. The van der Waals surface area contributed by atoms with Crippen molar-refractivity contribution in [1.82, 2.24) is 15.3 Å². The van der Waals surface area contributed by atoms with E-state index in [2.05, 4.69) is 31.2 Å². The van der Waals surface area contributed by atoms with Gasteiger partial charge >= 0.3 is 0 Å². The zero-order chi connectivity index (χ0) is 14.6. The van der Waals surface area contributed by atoms with Gasteiger partial charge in [-0.15, -0.1) is 0 Å². The van der Waals surface area contributed by atoms with Gasteiger partial charge in [0.25, 0.3) is 5.56 Å². The summed E-state index contributed by atoms with van der Waals surface area (Å²) in [5.41, 5.74) is 0.966. The number of rotatable bonds is 1. The molecule has 1 fully saturated rings. The van der Waals surface area contributed by atoms with Gasteiger partial charge in [0.15, 0.2) is 0 Å². The van der Waals surface area contributed by atoms with Crippen molar-refractivity contribution in [2.24, 2.45) is 0 Å². The normalized spacial score (nSPS) is 22.4. The predicted octanol–water partition coefficient (Wildman–Crippen LogP) is 2.80. The zero-order valence-corrected chi connectivity index (χ0v) is 12.4. The van der Waals surface area contributed by atoms with Crippen LogP contribution in [0.5, 0.6) is 0 Å². The third kappa shape index (κ3) is 2.08. The number of aromatic nitrogens is 2. The first kappa shape index (κ1) is 13.0. The summed E-state index contributed by atoms with van der Waals surface area (Å²) in [4.78, 5) is 19.3. The minimum atomic E-state index is -0.911. The summed E-state index contributed by atoms with van der Waals surface area (Å²) in [7, 11) is 0. The van der Waals surface area contributed by atoms with Crippen LogP contribution >= 0.6 is 15.9 Å². The van der Waals surface area contributed by atoms with E-state index >= 15 is 0 Å². The maximum absolute atomic E-state index is 13.3. The molecule has 2 N–H and O–H groups in total. The van der Waals surface area contributed by atoms with Gasteiger partial charge < -0.3 is 14.7 Å². The van der Waals surface area contributed by atoms with Crippen molar-refractivity contribution >= 4 is 38.0 Å². The van der Waals surface area contributed by atoms with Crippen LogP contribution in [0.2, 0.25) is 0 Å². The number of aromatic amines is 1. The lowest BCUT2D eigenvalue weighted by atomic mass is 10.2. The molecule has 0 unspecified atom stereocenters. The summed E-state index contributed by atoms with van der Waals surface area (Å²) >= 11 is 3.40. The van der Waals surface area contributed by atoms with Gasteiger partial charge in [-0.1, -0.05) is 15.9 Å². The van der Waals surface area contributed by atoms with Crippen LogP contribution in [0.25, 0.3) is 22.1 Å². The Balaban J connectivity index is 1.97. The van der Waals surface area contributed by atoms with Crippen LogP contribution in [-0.4, -0.2) is 22.7 Å². The van der Waals surface area contributed by atoms with E-state index in [0.717, 1.165) is 9.86 Å². The van der Waals surface area contributed by atoms with Gasteiger partial charge in [0, 0.05) is 22.8 Å². The second-order valence-electron chi connectivity index (χ2n) is 5.17. The lowest BCUT2D eigenvalue weighted by Gasteiger charge is -2.08. The van der Waals surface area contributed by atoms with Crippen LogP contribution in [0.1, 0.15) is 18.3 Å². The van der Waals surface area contributed by atoms with E-state index in [1.165, 1.54) is 0 Å². The minimum absolute atomic E-state index is 0.196. The summed E-state index contributed by atoms with van der Waals surface area (Å²) in [5.74, 6) is 0.454. The molecule has 21 heavy (non-hydrogen) atoms. The van der Waals surface area contributed by atoms with E-state index in [4.69, 9.17) is 4.42 Å². The molecule has 1 aromatic carbocycles. The van der Waals surface area contributed by atoms with Crippen LogP contribution in [0, 0.1) is 0 Å². The molecule has 0 saturated carbocycles. The molecule has 2 aromatic heterocycles. The first-order valence-electron chi connectivity index (χ1n) is 6.61. The van der Waals surface area contributed by atoms with E-state index in [0.29, 0.717) is 23.3 Å². The van der Waals surface area contributed by atoms with Crippen molar-refractivity contribution in [3.63, 3.8) is 0 Å². The highest BCUT2D eigenvalue weighted by atomic mass is 79.9. The number of nitrogens with one attached hydrogen (secondary N) is 2. The van der Waals surface area contributed by atoms with Gasteiger partial charge in [-0.2, -0.15) is 0 Å². The number of hydrogen-bond acceptors (Lipinski definition) is 4. The first-order chi connectivity index (χ1) is 10.1. The smallest absolute Gasteiger partial charge is 0.294 e. The molecule has 5 nitrogen and oxygen atoms in total. The van der Waals surface area contributed by atoms with Gasteiger partial charge in [-0.05, 0) is 18.2 Å². The van der Waals surface area contributed by atoms with Crippen molar-refractivity contribution in [3.8, 4) is 0 Å². The molecule has 2 atom stereocenters. The Hall–Kier alpha value is -1.73. The van der Waals surface area contributed by atoms with Crippen molar-refractivity contribution in [1.29, 1.82) is 0 Å². The Morgan fingerprint density at radius 2 is 2.29 bits per heavy atom. The minimum Gasteiger partial charge on any atom is -0.449 e. The van der Waals surface area contributed by atoms with E-state index in [9.17, 15) is 9.18 Å². The molecule has 0 radical (unpaired) electrons. The molecule has 1 aliphatic heterocycles. The van der Waals surface area contributed by atoms with E-state index in [1.807, 2.05) is 12.1 Å². The maximum atomic E-state index is 13.3. The van der Waals surface area contributed by atoms with Gasteiger partial charge in [0.1, 0.15) is 23.1 Å². The number of H-pyrrole nitrogens is 1. The Morgan fingerprint density at radius 1 is 1.43 bits per heavy atom. The monoisotopic (exact) mass is 351 g/mol. The summed E-state index contributed by atoms with van der Waals surface area (Å²) in [6.45, 7) is 0.282. The topological polar surface area (TPSA) is 70.9 Å². The van der Waals surface area contributed by atoms with Crippen molar-refractivity contribution in [2.75, 3.05) is 6.54 Å². The average Bonchev–Trinajstić information content (AvgIpc) is 3.03. The number of halogens is 2. The highest BCUT2D eigenvalue weighted by molar-refractivity contribution is 9.10. The SMILES string of the molecule is O=c1[nH]c([C@@H]2C[C@H](F)CN2)nc2c1oc1ccc(Br)cc12.